The zero-order chi connectivity index (χ0) is 25.4. The Morgan fingerprint density at radius 3 is 2.37 bits per heavy atom. The van der Waals surface area contributed by atoms with Crippen molar-refractivity contribution in [1.29, 1.82) is 0 Å². The van der Waals surface area contributed by atoms with Crippen LogP contribution in [0.25, 0.3) is 12.2 Å². The molecule has 0 saturated heterocycles. The van der Waals surface area contributed by atoms with Gasteiger partial charge in [-0.1, -0.05) is 56.3 Å². The van der Waals surface area contributed by atoms with Crippen molar-refractivity contribution in [3.05, 3.63) is 88.2 Å². The number of aliphatic hydroxyl groups is 1. The van der Waals surface area contributed by atoms with E-state index in [1.165, 1.54) is 5.56 Å². The van der Waals surface area contributed by atoms with Gasteiger partial charge in [0.15, 0.2) is 5.78 Å². The predicted octanol–water partition coefficient (Wildman–Crippen LogP) is 4.96. The van der Waals surface area contributed by atoms with Crippen molar-refractivity contribution in [2.45, 2.75) is 45.7 Å². The molecule has 4 N–H and O–H groups in total. The molecular weight excluding hydrogens is 440 g/mol. The lowest BCUT2D eigenvalue weighted by Crippen LogP contribution is -2.38. The van der Waals surface area contributed by atoms with E-state index in [9.17, 15) is 14.7 Å². The number of rotatable bonds is 8. The van der Waals surface area contributed by atoms with Crippen LogP contribution in [0.4, 0.5) is 0 Å². The van der Waals surface area contributed by atoms with Crippen LogP contribution in [-0.2, 0) is 16.1 Å². The third kappa shape index (κ3) is 7.25. The fourth-order valence-corrected chi connectivity index (χ4v) is 3.77. The molecule has 2 aromatic rings. The molecular formula is C29H34N2O4. The van der Waals surface area contributed by atoms with Gasteiger partial charge in [0.05, 0.1) is 0 Å². The molecule has 1 aliphatic rings. The van der Waals surface area contributed by atoms with E-state index >= 15 is 0 Å². The van der Waals surface area contributed by atoms with Crippen molar-refractivity contribution in [3.8, 4) is 5.75 Å². The Bertz CT molecular complexity index is 1130. The molecule has 0 aromatic heterocycles. The van der Waals surface area contributed by atoms with E-state index in [0.29, 0.717) is 29.7 Å². The van der Waals surface area contributed by atoms with Crippen molar-refractivity contribution < 1.29 is 19.4 Å². The van der Waals surface area contributed by atoms with Crippen molar-refractivity contribution in [1.82, 2.24) is 5.32 Å². The summed E-state index contributed by atoms with van der Waals surface area (Å²) in [5.74, 6) is -0.214. The SMILES string of the molecule is CNCc1ccc(/C=C2\CCC/C(=C(O)\C=C\c3ccc(OC(=O)C(N)C(C)C)cc3)C2=O)cc1. The first-order chi connectivity index (χ1) is 16.8. The first-order valence-corrected chi connectivity index (χ1v) is 11.9. The molecule has 0 amide bonds. The highest BCUT2D eigenvalue weighted by atomic mass is 16.5. The van der Waals surface area contributed by atoms with E-state index in [2.05, 4.69) is 5.32 Å². The number of hydrogen-bond donors (Lipinski definition) is 3. The number of nitrogens with two attached hydrogens (primary N) is 1. The van der Waals surface area contributed by atoms with Gasteiger partial charge in [-0.05, 0) is 73.2 Å². The highest BCUT2D eigenvalue weighted by Gasteiger charge is 2.23. The van der Waals surface area contributed by atoms with Gasteiger partial charge < -0.3 is 20.9 Å². The molecule has 2 aromatic carbocycles. The van der Waals surface area contributed by atoms with Crippen LogP contribution >= 0.6 is 0 Å². The lowest BCUT2D eigenvalue weighted by Gasteiger charge is -2.17. The number of carbonyl (C=O) groups excluding carboxylic acids is 2. The van der Waals surface area contributed by atoms with E-state index in [1.54, 1.807) is 36.4 Å². The summed E-state index contributed by atoms with van der Waals surface area (Å²) in [6.45, 7) is 4.52. The van der Waals surface area contributed by atoms with Gasteiger partial charge in [-0.25, -0.2) is 4.79 Å². The van der Waals surface area contributed by atoms with Crippen LogP contribution in [0.1, 0.15) is 49.8 Å². The van der Waals surface area contributed by atoms with Gasteiger partial charge >= 0.3 is 5.97 Å². The molecule has 6 heteroatoms. The molecule has 0 spiro atoms. The van der Waals surface area contributed by atoms with Crippen molar-refractivity contribution in [3.63, 3.8) is 0 Å². The number of ether oxygens (including phenoxy) is 1. The van der Waals surface area contributed by atoms with Gasteiger partial charge in [0.1, 0.15) is 17.6 Å². The molecule has 1 unspecified atom stereocenters. The summed E-state index contributed by atoms with van der Waals surface area (Å²) in [5, 5.41) is 13.7. The van der Waals surface area contributed by atoms with Crippen molar-refractivity contribution in [2.24, 2.45) is 11.7 Å². The number of allylic oxidation sites excluding steroid dienone is 3. The first-order valence-electron chi connectivity index (χ1n) is 11.9. The zero-order valence-electron chi connectivity index (χ0n) is 20.6. The van der Waals surface area contributed by atoms with E-state index in [-0.39, 0.29) is 17.5 Å². The van der Waals surface area contributed by atoms with Crippen LogP contribution in [0.3, 0.4) is 0 Å². The summed E-state index contributed by atoms with van der Waals surface area (Å²) in [6.07, 6.45) is 7.21. The molecule has 35 heavy (non-hydrogen) atoms. The van der Waals surface area contributed by atoms with Crippen LogP contribution in [-0.4, -0.2) is 29.9 Å². The Hall–Kier alpha value is -3.48. The number of carbonyl (C=O) groups is 2. The van der Waals surface area contributed by atoms with Crippen molar-refractivity contribution >= 4 is 23.9 Å². The lowest BCUT2D eigenvalue weighted by molar-refractivity contribution is -0.136. The Balaban J connectivity index is 1.68. The van der Waals surface area contributed by atoms with Crippen LogP contribution in [0.5, 0.6) is 5.75 Å². The fraction of sp³-hybridized carbons (Fsp3) is 0.310. The molecule has 0 heterocycles. The first kappa shape index (κ1) is 26.1. The molecule has 0 aliphatic heterocycles. The van der Waals surface area contributed by atoms with E-state index in [4.69, 9.17) is 10.5 Å². The van der Waals surface area contributed by atoms with E-state index < -0.39 is 12.0 Å². The summed E-state index contributed by atoms with van der Waals surface area (Å²) in [4.78, 5) is 25.0. The summed E-state index contributed by atoms with van der Waals surface area (Å²) in [7, 11) is 1.90. The second-order valence-corrected chi connectivity index (χ2v) is 9.08. The maximum absolute atomic E-state index is 13.0. The normalized spacial score (nSPS) is 17.7. The topological polar surface area (TPSA) is 102 Å². The van der Waals surface area contributed by atoms with Crippen molar-refractivity contribution in [2.75, 3.05) is 7.05 Å². The molecule has 1 fully saturated rings. The van der Waals surface area contributed by atoms with Gasteiger partial charge in [0.25, 0.3) is 0 Å². The van der Waals surface area contributed by atoms with Gasteiger partial charge in [-0.3, -0.25) is 4.79 Å². The van der Waals surface area contributed by atoms with Gasteiger partial charge in [-0.15, -0.1) is 0 Å². The maximum atomic E-state index is 13.0. The molecule has 0 radical (unpaired) electrons. The molecule has 0 bridgehead atoms. The maximum Gasteiger partial charge on any atom is 0.328 e. The standard InChI is InChI=1S/C29H34N2O4/c1-19(2)27(30)29(34)35-24-14-11-20(12-15-24)13-16-26(32)25-6-4-5-23(28(25)33)17-21-7-9-22(10-8-21)18-31-3/h7-17,19,27,31-32H,4-6,18,30H2,1-3H3/b16-13+,23-17+,26-25-. The monoisotopic (exact) mass is 474 g/mol. The average molecular weight is 475 g/mol. The van der Waals surface area contributed by atoms with Gasteiger partial charge in [0.2, 0.25) is 0 Å². The van der Waals surface area contributed by atoms with E-state index in [1.807, 2.05) is 51.2 Å². The molecule has 6 nitrogen and oxygen atoms in total. The Morgan fingerprint density at radius 1 is 1.09 bits per heavy atom. The molecule has 1 saturated carbocycles. The lowest BCUT2D eigenvalue weighted by atomic mass is 9.87. The number of aliphatic hydroxyl groups excluding tert-OH is 1. The zero-order valence-corrected chi connectivity index (χ0v) is 20.6. The van der Waals surface area contributed by atoms with Crippen LogP contribution in [0.15, 0.2) is 71.5 Å². The van der Waals surface area contributed by atoms with E-state index in [0.717, 1.165) is 24.1 Å². The fourth-order valence-electron chi connectivity index (χ4n) is 3.77. The smallest absolute Gasteiger partial charge is 0.328 e. The molecule has 1 aliphatic carbocycles. The number of hydrogen-bond acceptors (Lipinski definition) is 6. The average Bonchev–Trinajstić information content (AvgIpc) is 2.85. The van der Waals surface area contributed by atoms with Gasteiger partial charge in [0, 0.05) is 17.7 Å². The summed E-state index contributed by atoms with van der Waals surface area (Å²) >= 11 is 0. The summed E-state index contributed by atoms with van der Waals surface area (Å²) in [6, 6.07) is 14.3. The molecule has 3 rings (SSSR count). The third-order valence-corrected chi connectivity index (χ3v) is 5.97. The summed E-state index contributed by atoms with van der Waals surface area (Å²) in [5.41, 5.74) is 9.90. The van der Waals surface area contributed by atoms with Crippen LogP contribution < -0.4 is 15.8 Å². The number of Topliss-reactive ketones (excluding diaryl/α,β-unsaturated/α-hetero) is 1. The Kier molecular flexibility index (Phi) is 9.18. The van der Waals surface area contributed by atoms with Crippen LogP contribution in [0.2, 0.25) is 0 Å². The number of ketones is 1. The predicted molar refractivity (Wildman–Crippen MR) is 140 cm³/mol. The number of benzene rings is 2. The second-order valence-electron chi connectivity index (χ2n) is 9.08. The number of nitrogens with one attached hydrogen (secondary N) is 1. The highest BCUT2D eigenvalue weighted by Crippen LogP contribution is 2.29. The summed E-state index contributed by atoms with van der Waals surface area (Å²) < 4.78 is 5.31. The Labute approximate surface area is 207 Å². The highest BCUT2D eigenvalue weighted by molar-refractivity contribution is 6.12. The molecule has 1 atom stereocenters. The Morgan fingerprint density at radius 2 is 1.74 bits per heavy atom. The van der Waals surface area contributed by atoms with Gasteiger partial charge in [-0.2, -0.15) is 0 Å². The minimum Gasteiger partial charge on any atom is -0.508 e. The molecule has 184 valence electrons. The van der Waals surface area contributed by atoms with Crippen LogP contribution in [0, 0.1) is 5.92 Å². The second kappa shape index (κ2) is 12.3. The minimum atomic E-state index is -0.678. The number of esters is 1. The quantitative estimate of drug-likeness (QED) is 0.216. The minimum absolute atomic E-state index is 0.0116. The largest absolute Gasteiger partial charge is 0.508 e. The third-order valence-electron chi connectivity index (χ3n) is 5.97.